The lowest BCUT2D eigenvalue weighted by molar-refractivity contribution is -0.119. The summed E-state index contributed by atoms with van der Waals surface area (Å²) in [6.45, 7) is 7.21. The van der Waals surface area contributed by atoms with Crippen LogP contribution in [0.15, 0.2) is 53.3 Å². The number of carbonyl (C=O) groups is 1. The summed E-state index contributed by atoms with van der Waals surface area (Å²) in [7, 11) is 0. The van der Waals surface area contributed by atoms with E-state index in [1.54, 1.807) is 29.8 Å². The van der Waals surface area contributed by atoms with E-state index < -0.39 is 11.6 Å². The van der Waals surface area contributed by atoms with Gasteiger partial charge in [-0.1, -0.05) is 29.8 Å². The van der Waals surface area contributed by atoms with Crippen LogP contribution in [0.2, 0.25) is 5.02 Å². The Morgan fingerprint density at radius 3 is 2.45 bits per heavy atom. The van der Waals surface area contributed by atoms with Crippen LogP contribution in [0.3, 0.4) is 0 Å². The fourth-order valence-corrected chi connectivity index (χ4v) is 3.88. The average Bonchev–Trinajstić information content (AvgIpc) is 3.11. The van der Waals surface area contributed by atoms with Crippen LogP contribution in [0.25, 0.3) is 16.6 Å². The molecule has 0 unspecified atom stereocenters. The Morgan fingerprint density at radius 2 is 1.77 bits per heavy atom. The van der Waals surface area contributed by atoms with E-state index in [1.807, 2.05) is 51.1 Å². The lowest BCUT2D eigenvalue weighted by Crippen LogP contribution is -2.34. The molecule has 2 aromatic carbocycles. The first kappa shape index (κ1) is 20.8. The lowest BCUT2D eigenvalue weighted by atomic mass is 10.2. The molecule has 0 radical (unpaired) electrons. The predicted molar refractivity (Wildman–Crippen MR) is 122 cm³/mol. The first-order chi connectivity index (χ1) is 14.8. The van der Waals surface area contributed by atoms with Gasteiger partial charge in [-0.2, -0.15) is 10.2 Å². The van der Waals surface area contributed by atoms with Crippen LogP contribution in [0.5, 0.6) is 0 Å². The largest absolute Gasteiger partial charge is 0.324 e. The van der Waals surface area contributed by atoms with Crippen molar-refractivity contribution in [2.75, 3.05) is 5.32 Å². The van der Waals surface area contributed by atoms with Crippen molar-refractivity contribution in [2.24, 2.45) is 0 Å². The molecule has 1 N–H and O–H groups in total. The number of fused-ring (bicyclic) bond motifs is 1. The number of anilines is 1. The lowest BCUT2D eigenvalue weighted by Gasteiger charge is -2.16. The SMILES string of the molecule is Cc1cc(Cl)ccc1NC(=O)[C@H](C)n1nc(C)c2c(C)n(-c3ccccc3)nc2c1=O. The molecule has 8 heteroatoms. The summed E-state index contributed by atoms with van der Waals surface area (Å²) in [6, 6.07) is 14.0. The van der Waals surface area contributed by atoms with Crippen molar-refractivity contribution in [1.82, 2.24) is 19.6 Å². The summed E-state index contributed by atoms with van der Waals surface area (Å²) >= 11 is 5.99. The first-order valence-electron chi connectivity index (χ1n) is 9.89. The minimum Gasteiger partial charge on any atom is -0.324 e. The highest BCUT2D eigenvalue weighted by atomic mass is 35.5. The van der Waals surface area contributed by atoms with Gasteiger partial charge in [0.05, 0.1) is 22.5 Å². The number of hydrogen-bond acceptors (Lipinski definition) is 4. The Kier molecular flexibility index (Phi) is 5.37. The fourth-order valence-electron chi connectivity index (χ4n) is 3.65. The summed E-state index contributed by atoms with van der Waals surface area (Å²) in [4.78, 5) is 26.1. The number of amides is 1. The molecule has 1 atom stereocenters. The average molecular weight is 436 g/mol. The second-order valence-corrected chi connectivity index (χ2v) is 7.95. The van der Waals surface area contributed by atoms with Gasteiger partial charge in [-0.25, -0.2) is 9.36 Å². The summed E-state index contributed by atoms with van der Waals surface area (Å²) < 4.78 is 2.92. The predicted octanol–water partition coefficient (Wildman–Crippen LogP) is 4.36. The van der Waals surface area contributed by atoms with Crippen molar-refractivity contribution in [1.29, 1.82) is 0 Å². The van der Waals surface area contributed by atoms with E-state index in [1.165, 1.54) is 4.68 Å². The van der Waals surface area contributed by atoms with Gasteiger partial charge in [0.2, 0.25) is 5.91 Å². The normalized spacial score (nSPS) is 12.2. The number of nitrogens with one attached hydrogen (secondary N) is 1. The highest BCUT2D eigenvalue weighted by molar-refractivity contribution is 6.30. The molecular formula is C23H22ClN5O2. The number of benzene rings is 2. The van der Waals surface area contributed by atoms with Gasteiger partial charge in [-0.05, 0) is 63.6 Å². The van der Waals surface area contributed by atoms with E-state index in [9.17, 15) is 9.59 Å². The number of hydrogen-bond donors (Lipinski definition) is 1. The van der Waals surface area contributed by atoms with Crippen LogP contribution in [0.1, 0.15) is 29.9 Å². The summed E-state index contributed by atoms with van der Waals surface area (Å²) in [5.41, 5.74) is 3.66. The molecule has 0 aliphatic carbocycles. The summed E-state index contributed by atoms with van der Waals surface area (Å²) in [5.74, 6) is -0.349. The summed E-state index contributed by atoms with van der Waals surface area (Å²) in [6.07, 6.45) is 0. The third-order valence-corrected chi connectivity index (χ3v) is 5.57. The van der Waals surface area contributed by atoms with Crippen LogP contribution in [0.4, 0.5) is 5.69 Å². The van der Waals surface area contributed by atoms with Crippen molar-refractivity contribution >= 4 is 34.1 Å². The third-order valence-electron chi connectivity index (χ3n) is 5.34. The molecule has 158 valence electrons. The van der Waals surface area contributed by atoms with Gasteiger partial charge in [0, 0.05) is 10.7 Å². The molecule has 7 nitrogen and oxygen atoms in total. The van der Waals surface area contributed by atoms with E-state index in [-0.39, 0.29) is 11.4 Å². The topological polar surface area (TPSA) is 81.8 Å². The highest BCUT2D eigenvalue weighted by Crippen LogP contribution is 2.23. The molecule has 4 aromatic rings. The smallest absolute Gasteiger partial charge is 0.295 e. The van der Waals surface area contributed by atoms with E-state index in [2.05, 4.69) is 15.5 Å². The molecule has 31 heavy (non-hydrogen) atoms. The fraction of sp³-hybridized carbons (Fsp3) is 0.217. The molecule has 0 aliphatic rings. The number of aromatic nitrogens is 4. The maximum atomic E-state index is 13.2. The molecule has 0 fully saturated rings. The van der Waals surface area contributed by atoms with Gasteiger partial charge in [-0.15, -0.1) is 0 Å². The Bertz CT molecular complexity index is 1360. The Morgan fingerprint density at radius 1 is 1.06 bits per heavy atom. The zero-order valence-electron chi connectivity index (χ0n) is 17.7. The minimum atomic E-state index is -0.826. The number of halogens is 1. The van der Waals surface area contributed by atoms with Crippen LogP contribution in [-0.2, 0) is 4.79 Å². The molecule has 0 saturated carbocycles. The second-order valence-electron chi connectivity index (χ2n) is 7.52. The Hall–Kier alpha value is -3.45. The monoisotopic (exact) mass is 435 g/mol. The van der Waals surface area contributed by atoms with Crippen molar-refractivity contribution in [3.05, 3.63) is 80.9 Å². The minimum absolute atomic E-state index is 0.288. The maximum absolute atomic E-state index is 13.2. The van der Waals surface area contributed by atoms with Gasteiger partial charge in [0.25, 0.3) is 5.56 Å². The van der Waals surface area contributed by atoms with Crippen molar-refractivity contribution in [3.8, 4) is 5.69 Å². The van der Waals surface area contributed by atoms with Gasteiger partial charge in [0.1, 0.15) is 6.04 Å². The molecule has 0 saturated heterocycles. The number of nitrogens with zero attached hydrogens (tertiary/aromatic N) is 4. The molecule has 1 amide bonds. The zero-order valence-corrected chi connectivity index (χ0v) is 18.4. The van der Waals surface area contributed by atoms with Gasteiger partial charge < -0.3 is 5.32 Å². The van der Waals surface area contributed by atoms with E-state index in [0.29, 0.717) is 21.8 Å². The molecule has 2 heterocycles. The molecule has 0 bridgehead atoms. The second kappa shape index (κ2) is 8.00. The highest BCUT2D eigenvalue weighted by Gasteiger charge is 2.23. The van der Waals surface area contributed by atoms with Crippen LogP contribution in [-0.4, -0.2) is 25.5 Å². The van der Waals surface area contributed by atoms with Crippen molar-refractivity contribution in [3.63, 3.8) is 0 Å². The van der Waals surface area contributed by atoms with Gasteiger partial charge >= 0.3 is 0 Å². The quantitative estimate of drug-likeness (QED) is 0.516. The standard InChI is InChI=1S/C23H22ClN5O2/c1-13-12-17(24)10-11-19(13)25-22(30)16(4)29-23(31)21-20(14(2)26-29)15(3)28(27-21)18-8-6-5-7-9-18/h5-12,16H,1-4H3,(H,25,30)/t16-/m0/s1. The number of para-hydroxylation sites is 1. The van der Waals surface area contributed by atoms with Crippen LogP contribution in [0, 0.1) is 20.8 Å². The van der Waals surface area contributed by atoms with E-state index in [0.717, 1.165) is 16.9 Å². The van der Waals surface area contributed by atoms with Crippen LogP contribution >= 0.6 is 11.6 Å². The molecule has 2 aromatic heterocycles. The van der Waals surface area contributed by atoms with Crippen molar-refractivity contribution < 1.29 is 4.79 Å². The van der Waals surface area contributed by atoms with E-state index >= 15 is 0 Å². The number of rotatable bonds is 4. The maximum Gasteiger partial charge on any atom is 0.295 e. The van der Waals surface area contributed by atoms with Crippen LogP contribution < -0.4 is 10.9 Å². The molecular weight excluding hydrogens is 414 g/mol. The Labute approximate surface area is 184 Å². The molecule has 0 spiro atoms. The van der Waals surface area contributed by atoms with Gasteiger partial charge in [-0.3, -0.25) is 9.59 Å². The van der Waals surface area contributed by atoms with Gasteiger partial charge in [0.15, 0.2) is 5.52 Å². The summed E-state index contributed by atoms with van der Waals surface area (Å²) in [5, 5.41) is 13.1. The molecule has 0 aliphatic heterocycles. The van der Waals surface area contributed by atoms with E-state index in [4.69, 9.17) is 11.6 Å². The zero-order chi connectivity index (χ0) is 22.3. The number of carbonyl (C=O) groups excluding carboxylic acids is 1. The number of aryl methyl sites for hydroxylation is 3. The molecule has 4 rings (SSSR count). The third kappa shape index (κ3) is 3.72. The first-order valence-corrected chi connectivity index (χ1v) is 10.3. The van der Waals surface area contributed by atoms with Crippen molar-refractivity contribution in [2.45, 2.75) is 33.7 Å². The Balaban J connectivity index is 1.75.